The Morgan fingerprint density at radius 1 is 1.12 bits per heavy atom. The van der Waals surface area contributed by atoms with E-state index in [9.17, 15) is 4.79 Å². The highest BCUT2D eigenvalue weighted by molar-refractivity contribution is 5.71. The van der Waals surface area contributed by atoms with Crippen LogP contribution in [0, 0.1) is 11.3 Å². The molecular weight excluding hydrogens is 324 g/mol. The fraction of sp³-hybridized carbons (Fsp3) is 0.696. The zero-order chi connectivity index (χ0) is 19.4. The molecule has 1 unspecified atom stereocenters. The molecule has 3 nitrogen and oxygen atoms in total. The largest absolute Gasteiger partial charge is 0.482 e. The Morgan fingerprint density at radius 2 is 1.69 bits per heavy atom. The fourth-order valence-electron chi connectivity index (χ4n) is 3.78. The molecule has 0 spiro atoms. The first-order chi connectivity index (χ1) is 12.2. The van der Waals surface area contributed by atoms with Gasteiger partial charge in [0.2, 0.25) is 0 Å². The maximum atomic E-state index is 12.2. The van der Waals surface area contributed by atoms with E-state index in [1.54, 1.807) is 0 Å². The van der Waals surface area contributed by atoms with Crippen molar-refractivity contribution in [2.45, 2.75) is 85.2 Å². The van der Waals surface area contributed by atoms with Crippen LogP contribution in [-0.2, 0) is 9.53 Å². The maximum absolute atomic E-state index is 12.2. The molecule has 3 heteroatoms. The number of ether oxygens (including phenoxy) is 2. The van der Waals surface area contributed by atoms with Crippen LogP contribution in [0.1, 0.15) is 85.1 Å². The first-order valence-electron chi connectivity index (χ1n) is 10.1. The van der Waals surface area contributed by atoms with Crippen molar-refractivity contribution in [3.63, 3.8) is 0 Å². The summed E-state index contributed by atoms with van der Waals surface area (Å²) in [6, 6.07) is 8.11. The second-order valence-electron chi connectivity index (χ2n) is 8.98. The molecule has 0 aliphatic heterocycles. The third-order valence-corrected chi connectivity index (χ3v) is 6.54. The molecule has 2 rings (SSSR count). The van der Waals surface area contributed by atoms with Crippen molar-refractivity contribution in [2.75, 3.05) is 6.61 Å². The highest BCUT2D eigenvalue weighted by Gasteiger charge is 2.35. The van der Waals surface area contributed by atoms with E-state index >= 15 is 0 Å². The molecule has 1 atom stereocenters. The number of rotatable bonds is 8. The molecule has 0 radical (unpaired) electrons. The second kappa shape index (κ2) is 8.45. The van der Waals surface area contributed by atoms with Crippen molar-refractivity contribution >= 4 is 5.97 Å². The van der Waals surface area contributed by atoms with Crippen molar-refractivity contribution in [1.82, 2.24) is 0 Å². The fourth-order valence-corrected chi connectivity index (χ4v) is 3.78. The van der Waals surface area contributed by atoms with E-state index in [1.165, 1.54) is 18.4 Å². The smallest absolute Gasteiger partial charge is 0.344 e. The average molecular weight is 361 g/mol. The number of benzene rings is 1. The van der Waals surface area contributed by atoms with Crippen LogP contribution in [0.4, 0.5) is 0 Å². The van der Waals surface area contributed by atoms with Crippen molar-refractivity contribution in [1.29, 1.82) is 0 Å². The number of carbonyl (C=O) groups is 1. The molecule has 0 N–H and O–H groups in total. The third kappa shape index (κ3) is 5.25. The summed E-state index contributed by atoms with van der Waals surface area (Å²) >= 11 is 0. The summed E-state index contributed by atoms with van der Waals surface area (Å²) in [7, 11) is 0. The van der Waals surface area contributed by atoms with Crippen LogP contribution in [0.25, 0.3) is 0 Å². The summed E-state index contributed by atoms with van der Waals surface area (Å²) in [5.74, 6) is 1.37. The summed E-state index contributed by atoms with van der Waals surface area (Å²) in [6.45, 7) is 13.1. The second-order valence-corrected chi connectivity index (χ2v) is 8.98. The van der Waals surface area contributed by atoms with Gasteiger partial charge in [-0.15, -0.1) is 0 Å². The number of carbonyl (C=O) groups excluding carboxylic acids is 1. The van der Waals surface area contributed by atoms with E-state index in [4.69, 9.17) is 9.47 Å². The van der Waals surface area contributed by atoms with Gasteiger partial charge in [-0.2, -0.15) is 0 Å². The number of hydrogen-bond acceptors (Lipinski definition) is 3. The van der Waals surface area contributed by atoms with Gasteiger partial charge in [0.05, 0.1) is 0 Å². The molecular formula is C23H36O3. The van der Waals surface area contributed by atoms with Gasteiger partial charge in [0, 0.05) is 0 Å². The van der Waals surface area contributed by atoms with Gasteiger partial charge >= 0.3 is 5.97 Å². The van der Waals surface area contributed by atoms with E-state index in [0.29, 0.717) is 17.6 Å². The zero-order valence-corrected chi connectivity index (χ0v) is 17.4. The quantitative estimate of drug-likeness (QED) is 0.524. The lowest BCUT2D eigenvalue weighted by atomic mass is 9.74. The zero-order valence-electron chi connectivity index (χ0n) is 17.4. The van der Waals surface area contributed by atoms with Gasteiger partial charge in [0.1, 0.15) is 11.4 Å². The Labute approximate surface area is 159 Å². The monoisotopic (exact) mass is 360 g/mol. The summed E-state index contributed by atoms with van der Waals surface area (Å²) in [6.07, 6.45) is 5.91. The van der Waals surface area contributed by atoms with Gasteiger partial charge in [-0.25, -0.2) is 4.79 Å². The molecule has 0 amide bonds. The van der Waals surface area contributed by atoms with Crippen LogP contribution in [0.15, 0.2) is 24.3 Å². The molecule has 0 saturated heterocycles. The molecule has 0 bridgehead atoms. The lowest BCUT2D eigenvalue weighted by molar-refractivity contribution is -0.163. The minimum atomic E-state index is -0.401. The van der Waals surface area contributed by atoms with Gasteiger partial charge in [-0.1, -0.05) is 59.1 Å². The Morgan fingerprint density at radius 3 is 2.23 bits per heavy atom. The average Bonchev–Trinajstić information content (AvgIpc) is 3.15. The highest BCUT2D eigenvalue weighted by Crippen LogP contribution is 2.38. The molecule has 1 aromatic rings. The van der Waals surface area contributed by atoms with Gasteiger partial charge in [-0.05, 0) is 61.6 Å². The molecule has 1 aliphatic carbocycles. The lowest BCUT2D eigenvalue weighted by Gasteiger charge is -2.31. The Bertz CT molecular complexity index is 580. The van der Waals surface area contributed by atoms with E-state index in [-0.39, 0.29) is 18.0 Å². The minimum absolute atomic E-state index is 0.0362. The van der Waals surface area contributed by atoms with Crippen LogP contribution in [0.3, 0.4) is 0 Å². The van der Waals surface area contributed by atoms with Crippen LogP contribution in [0.2, 0.25) is 0 Å². The predicted molar refractivity (Wildman–Crippen MR) is 107 cm³/mol. The highest BCUT2D eigenvalue weighted by atomic mass is 16.6. The van der Waals surface area contributed by atoms with E-state index < -0.39 is 5.60 Å². The normalized spacial score (nSPS) is 17.2. The SMILES string of the molecule is CCC(C)(C)C(C)c1ccc(OCC(=O)OC(C)(C)C2CCCC2)cc1. The Balaban J connectivity index is 1.86. The van der Waals surface area contributed by atoms with Crippen LogP contribution in [0.5, 0.6) is 5.75 Å². The van der Waals surface area contributed by atoms with Gasteiger partial charge < -0.3 is 9.47 Å². The van der Waals surface area contributed by atoms with E-state index in [2.05, 4.69) is 39.8 Å². The van der Waals surface area contributed by atoms with Crippen LogP contribution < -0.4 is 4.74 Å². The minimum Gasteiger partial charge on any atom is -0.482 e. The standard InChI is InChI=1S/C23H36O3/c1-7-22(3,4)17(2)18-12-14-20(15-13-18)25-16-21(24)26-23(5,6)19-10-8-9-11-19/h12-15,17,19H,7-11,16H2,1-6H3. The third-order valence-electron chi connectivity index (χ3n) is 6.54. The van der Waals surface area contributed by atoms with Gasteiger partial charge in [-0.3, -0.25) is 0 Å². The Hall–Kier alpha value is -1.51. The number of esters is 1. The summed E-state index contributed by atoms with van der Waals surface area (Å²) in [5, 5.41) is 0. The maximum Gasteiger partial charge on any atom is 0.344 e. The molecule has 1 fully saturated rings. The van der Waals surface area contributed by atoms with Gasteiger partial charge in [0.15, 0.2) is 6.61 Å². The molecule has 0 aromatic heterocycles. The van der Waals surface area contributed by atoms with Crippen molar-refractivity contribution in [2.24, 2.45) is 11.3 Å². The molecule has 1 aromatic carbocycles. The van der Waals surface area contributed by atoms with Crippen LogP contribution in [-0.4, -0.2) is 18.2 Å². The first kappa shape index (κ1) is 20.8. The summed E-state index contributed by atoms with van der Waals surface area (Å²) < 4.78 is 11.3. The molecule has 1 saturated carbocycles. The Kier molecular flexibility index (Phi) is 6.76. The molecule has 26 heavy (non-hydrogen) atoms. The van der Waals surface area contributed by atoms with Crippen molar-refractivity contribution < 1.29 is 14.3 Å². The topological polar surface area (TPSA) is 35.5 Å². The van der Waals surface area contributed by atoms with E-state index in [1.807, 2.05) is 26.0 Å². The van der Waals surface area contributed by atoms with E-state index in [0.717, 1.165) is 19.3 Å². The van der Waals surface area contributed by atoms with Crippen molar-refractivity contribution in [3.8, 4) is 5.75 Å². The van der Waals surface area contributed by atoms with Crippen LogP contribution >= 0.6 is 0 Å². The first-order valence-corrected chi connectivity index (χ1v) is 10.1. The van der Waals surface area contributed by atoms with Crippen molar-refractivity contribution in [3.05, 3.63) is 29.8 Å². The molecule has 1 aliphatic rings. The lowest BCUT2D eigenvalue weighted by Crippen LogP contribution is -2.37. The molecule has 0 heterocycles. The summed E-state index contributed by atoms with van der Waals surface area (Å²) in [4.78, 5) is 12.2. The predicted octanol–water partition coefficient (Wildman–Crippen LogP) is 6.12. The summed E-state index contributed by atoms with van der Waals surface area (Å²) in [5.41, 5.74) is 1.16. The number of hydrogen-bond donors (Lipinski definition) is 0. The van der Waals surface area contributed by atoms with Gasteiger partial charge in [0.25, 0.3) is 0 Å². The molecule has 146 valence electrons.